The van der Waals surface area contributed by atoms with Crippen LogP contribution in [0.5, 0.6) is 0 Å². The molecule has 1 heterocycles. The Morgan fingerprint density at radius 1 is 0.812 bits per heavy atom. The Labute approximate surface area is 186 Å². The Kier molecular flexibility index (Phi) is 3.61. The van der Waals surface area contributed by atoms with Crippen molar-refractivity contribution >= 4 is 22.1 Å². The van der Waals surface area contributed by atoms with Crippen LogP contribution < -0.4 is 5.32 Å². The van der Waals surface area contributed by atoms with Gasteiger partial charge in [0.05, 0.1) is 11.0 Å². The number of hydrogen-bond acceptors (Lipinski definition) is 3. The Bertz CT molecular complexity index is 1430. The van der Waals surface area contributed by atoms with E-state index in [1.807, 2.05) is 6.07 Å². The number of aryl methyl sites for hydroxylation is 2. The van der Waals surface area contributed by atoms with Crippen molar-refractivity contribution in [3.63, 3.8) is 0 Å². The number of hydrogen-bond donors (Lipinski definition) is 1. The van der Waals surface area contributed by atoms with Gasteiger partial charge in [0.2, 0.25) is 0 Å². The molecule has 3 atom stereocenters. The van der Waals surface area contributed by atoms with Gasteiger partial charge >= 0.3 is 0 Å². The molecule has 4 aromatic carbocycles. The topological polar surface area (TPSA) is 55.2 Å². The van der Waals surface area contributed by atoms with Gasteiger partial charge in [-0.25, -0.2) is 0 Å². The minimum atomic E-state index is -0.286. The molecule has 4 heteroatoms. The molecule has 32 heavy (non-hydrogen) atoms. The second-order valence-corrected chi connectivity index (χ2v) is 9.35. The number of nitro groups is 1. The van der Waals surface area contributed by atoms with Crippen LogP contribution in [0, 0.1) is 16.0 Å². The summed E-state index contributed by atoms with van der Waals surface area (Å²) in [4.78, 5) is 11.2. The van der Waals surface area contributed by atoms with Gasteiger partial charge in [0, 0.05) is 23.7 Å². The lowest BCUT2D eigenvalue weighted by atomic mass is 9.74. The third-order valence-electron chi connectivity index (χ3n) is 7.84. The zero-order valence-electron chi connectivity index (χ0n) is 17.5. The summed E-state index contributed by atoms with van der Waals surface area (Å²) >= 11 is 0. The third-order valence-corrected chi connectivity index (χ3v) is 7.84. The second kappa shape index (κ2) is 6.42. The maximum Gasteiger partial charge on any atom is 0.269 e. The summed E-state index contributed by atoms with van der Waals surface area (Å²) in [6.07, 6.45) is 3.22. The molecule has 4 aromatic rings. The maximum absolute atomic E-state index is 11.5. The molecule has 0 fully saturated rings. The van der Waals surface area contributed by atoms with Crippen molar-refractivity contribution in [2.75, 3.05) is 5.32 Å². The van der Waals surface area contributed by atoms with Gasteiger partial charge in [-0.1, -0.05) is 54.6 Å². The molecule has 0 saturated heterocycles. The molecule has 1 N–H and O–H groups in total. The van der Waals surface area contributed by atoms with Gasteiger partial charge in [0.1, 0.15) is 0 Å². The van der Waals surface area contributed by atoms with Crippen molar-refractivity contribution in [1.82, 2.24) is 0 Å². The summed E-state index contributed by atoms with van der Waals surface area (Å²) in [6, 6.07) is 25.4. The van der Waals surface area contributed by atoms with E-state index in [0.717, 1.165) is 30.5 Å². The number of benzene rings is 4. The van der Waals surface area contributed by atoms with E-state index in [0.29, 0.717) is 5.92 Å². The number of non-ortho nitro benzene ring substituents is 1. The van der Waals surface area contributed by atoms with Crippen LogP contribution in [0.15, 0.2) is 72.8 Å². The summed E-state index contributed by atoms with van der Waals surface area (Å²) < 4.78 is 0. The summed E-state index contributed by atoms with van der Waals surface area (Å²) in [7, 11) is 0. The lowest BCUT2D eigenvalue weighted by Gasteiger charge is -2.38. The summed E-state index contributed by atoms with van der Waals surface area (Å²) in [5.74, 6) is 0.482. The molecule has 0 aromatic heterocycles. The Balaban J connectivity index is 1.45. The van der Waals surface area contributed by atoms with Crippen LogP contribution in [0.2, 0.25) is 0 Å². The highest BCUT2D eigenvalue weighted by atomic mass is 16.6. The average Bonchev–Trinajstić information content (AvgIpc) is 3.42. The molecule has 0 bridgehead atoms. The monoisotopic (exact) mass is 418 g/mol. The molecule has 4 nitrogen and oxygen atoms in total. The largest absolute Gasteiger partial charge is 0.378 e. The summed E-state index contributed by atoms with van der Waals surface area (Å²) in [6.45, 7) is 0. The van der Waals surface area contributed by atoms with Crippen LogP contribution in [0.4, 0.5) is 11.4 Å². The fourth-order valence-corrected chi connectivity index (χ4v) is 6.51. The first-order valence-corrected chi connectivity index (χ1v) is 11.3. The van der Waals surface area contributed by atoms with E-state index >= 15 is 0 Å². The Hall–Kier alpha value is -3.66. The van der Waals surface area contributed by atoms with Crippen LogP contribution in [0.1, 0.15) is 45.3 Å². The maximum atomic E-state index is 11.5. The lowest BCUT2D eigenvalue weighted by Crippen LogP contribution is -2.30. The smallest absolute Gasteiger partial charge is 0.269 e. The summed E-state index contributed by atoms with van der Waals surface area (Å²) in [5, 5.41) is 18.1. The molecule has 0 unspecified atom stereocenters. The van der Waals surface area contributed by atoms with Crippen molar-refractivity contribution in [3.8, 4) is 0 Å². The number of anilines is 1. The van der Waals surface area contributed by atoms with Crippen LogP contribution in [-0.2, 0) is 19.3 Å². The highest BCUT2D eigenvalue weighted by Gasteiger charge is 2.44. The minimum Gasteiger partial charge on any atom is -0.378 e. The van der Waals surface area contributed by atoms with Crippen LogP contribution in [0.3, 0.4) is 0 Å². The van der Waals surface area contributed by atoms with E-state index in [2.05, 4.69) is 59.9 Å². The molecular weight excluding hydrogens is 396 g/mol. The standard InChI is InChI=1S/C28H22N2O2/c31-30(32)19-11-13-25-23(15-19)27-20-6-2-1-4-18(20)14-24(27)28(29-25)22-12-10-17-9-8-16-5-3-7-21(22)26(16)17/h1-7,10-13,15,24,27-29H,8-9,14H2/t24-,27-,28+/m0/s1. The molecule has 156 valence electrons. The van der Waals surface area contributed by atoms with Crippen molar-refractivity contribution in [3.05, 3.63) is 116 Å². The van der Waals surface area contributed by atoms with E-state index in [9.17, 15) is 10.1 Å². The molecule has 0 amide bonds. The zero-order chi connectivity index (χ0) is 21.4. The van der Waals surface area contributed by atoms with E-state index in [-0.39, 0.29) is 22.6 Å². The zero-order valence-corrected chi connectivity index (χ0v) is 17.5. The summed E-state index contributed by atoms with van der Waals surface area (Å²) in [5.41, 5.74) is 9.17. The first kappa shape index (κ1) is 18.0. The highest BCUT2D eigenvalue weighted by Crippen LogP contribution is 2.55. The minimum absolute atomic E-state index is 0.159. The fourth-order valence-electron chi connectivity index (χ4n) is 6.51. The van der Waals surface area contributed by atoms with Gasteiger partial charge in [-0.2, -0.15) is 0 Å². The molecule has 7 rings (SSSR count). The van der Waals surface area contributed by atoms with Gasteiger partial charge in [-0.15, -0.1) is 0 Å². The molecular formula is C28H22N2O2. The van der Waals surface area contributed by atoms with E-state index in [4.69, 9.17) is 0 Å². The van der Waals surface area contributed by atoms with Crippen molar-refractivity contribution < 1.29 is 4.92 Å². The first-order chi connectivity index (χ1) is 15.7. The molecule has 0 radical (unpaired) electrons. The number of nitrogens with zero attached hydrogens (tertiary/aromatic N) is 1. The Morgan fingerprint density at radius 2 is 1.62 bits per heavy atom. The van der Waals surface area contributed by atoms with Gasteiger partial charge in [-0.3, -0.25) is 10.1 Å². The molecule has 1 aliphatic heterocycles. The SMILES string of the molecule is O=[N+]([O-])c1ccc2c(c1)[C@@H]1c3ccccc3C[C@@H]1[C@@H](c1ccc3c4c(cccc14)CC3)N2. The van der Waals surface area contributed by atoms with Gasteiger partial charge in [-0.05, 0) is 75.4 Å². The van der Waals surface area contributed by atoms with Crippen LogP contribution in [0.25, 0.3) is 10.8 Å². The molecule has 2 aliphatic carbocycles. The van der Waals surface area contributed by atoms with Gasteiger partial charge < -0.3 is 5.32 Å². The van der Waals surface area contributed by atoms with E-state index < -0.39 is 0 Å². The fraction of sp³-hybridized carbons (Fsp3) is 0.214. The predicted molar refractivity (Wildman–Crippen MR) is 126 cm³/mol. The lowest BCUT2D eigenvalue weighted by molar-refractivity contribution is -0.384. The highest BCUT2D eigenvalue weighted by molar-refractivity contribution is 5.94. The van der Waals surface area contributed by atoms with Crippen molar-refractivity contribution in [1.29, 1.82) is 0 Å². The Morgan fingerprint density at radius 3 is 2.50 bits per heavy atom. The van der Waals surface area contributed by atoms with Gasteiger partial charge in [0.25, 0.3) is 5.69 Å². The van der Waals surface area contributed by atoms with Crippen molar-refractivity contribution in [2.45, 2.75) is 31.2 Å². The number of fused-ring (bicyclic) bond motifs is 5. The molecule has 0 saturated carbocycles. The first-order valence-electron chi connectivity index (χ1n) is 11.3. The van der Waals surface area contributed by atoms with E-state index in [1.54, 1.807) is 12.1 Å². The average molecular weight is 418 g/mol. The number of rotatable bonds is 2. The van der Waals surface area contributed by atoms with Crippen molar-refractivity contribution in [2.24, 2.45) is 5.92 Å². The quantitative estimate of drug-likeness (QED) is 0.306. The molecule has 0 spiro atoms. The number of nitrogens with one attached hydrogen (secondary N) is 1. The third kappa shape index (κ3) is 2.38. The second-order valence-electron chi connectivity index (χ2n) is 9.35. The van der Waals surface area contributed by atoms with Crippen LogP contribution >= 0.6 is 0 Å². The van der Waals surface area contributed by atoms with E-state index in [1.165, 1.54) is 38.6 Å². The molecule has 3 aliphatic rings. The van der Waals surface area contributed by atoms with Crippen LogP contribution in [-0.4, -0.2) is 4.92 Å². The number of nitro benzene ring substituents is 1. The predicted octanol–water partition coefficient (Wildman–Crippen LogP) is 6.32. The van der Waals surface area contributed by atoms with Gasteiger partial charge in [0.15, 0.2) is 0 Å². The normalized spacial score (nSPS) is 22.2.